The van der Waals surface area contributed by atoms with E-state index in [1.165, 1.54) is 0 Å². The molecule has 0 aromatic heterocycles. The Hall–Kier alpha value is -1.91. The molecule has 0 aliphatic rings. The second kappa shape index (κ2) is 7.03. The first-order valence-electron chi connectivity index (χ1n) is 6.85. The summed E-state index contributed by atoms with van der Waals surface area (Å²) in [5, 5.41) is 6.04. The Bertz CT molecular complexity index is 453. The van der Waals surface area contributed by atoms with Crippen LogP contribution in [0.15, 0.2) is 18.2 Å². The van der Waals surface area contributed by atoms with Crippen molar-refractivity contribution >= 4 is 17.5 Å². The van der Waals surface area contributed by atoms with E-state index in [1.807, 2.05) is 45.9 Å². The molecule has 0 heterocycles. The summed E-state index contributed by atoms with van der Waals surface area (Å²) in [6.45, 7) is 8.90. The summed E-state index contributed by atoms with van der Waals surface area (Å²) in [5.41, 5.74) is 8.19. The predicted molar refractivity (Wildman–Crippen MR) is 82.9 cm³/mol. The van der Waals surface area contributed by atoms with Gasteiger partial charge in [-0.1, -0.05) is 0 Å². The third-order valence-electron chi connectivity index (χ3n) is 2.59. The van der Waals surface area contributed by atoms with Crippen molar-refractivity contribution in [3.05, 3.63) is 23.8 Å². The molecule has 20 heavy (non-hydrogen) atoms. The summed E-state index contributed by atoms with van der Waals surface area (Å²) in [4.78, 5) is 11.4. The van der Waals surface area contributed by atoms with Crippen molar-refractivity contribution < 1.29 is 9.53 Å². The normalized spacial score (nSPS) is 11.0. The standard InChI is InChI=1S/C15H25N3O2/c1-11-10-12(16)6-7-13(11)17-8-5-9-18-14(19)20-15(2,3)4/h6-7,10,17H,5,8-9,16H2,1-4H3,(H,18,19). The van der Waals surface area contributed by atoms with E-state index < -0.39 is 5.60 Å². The molecule has 4 N–H and O–H groups in total. The lowest BCUT2D eigenvalue weighted by atomic mass is 10.2. The first-order valence-corrected chi connectivity index (χ1v) is 6.85. The number of anilines is 2. The molecule has 0 fully saturated rings. The molecular weight excluding hydrogens is 254 g/mol. The number of ether oxygens (including phenoxy) is 1. The number of nitrogen functional groups attached to an aromatic ring is 1. The Morgan fingerprint density at radius 2 is 2.00 bits per heavy atom. The summed E-state index contributed by atoms with van der Waals surface area (Å²) in [7, 11) is 0. The molecule has 1 aromatic rings. The van der Waals surface area contributed by atoms with Gasteiger partial charge in [0, 0.05) is 24.5 Å². The summed E-state index contributed by atoms with van der Waals surface area (Å²) in [6.07, 6.45) is 0.449. The minimum atomic E-state index is -0.455. The molecule has 112 valence electrons. The van der Waals surface area contributed by atoms with Gasteiger partial charge in [0.15, 0.2) is 0 Å². The third-order valence-corrected chi connectivity index (χ3v) is 2.59. The smallest absolute Gasteiger partial charge is 0.407 e. The van der Waals surface area contributed by atoms with Crippen molar-refractivity contribution in [1.29, 1.82) is 0 Å². The zero-order valence-corrected chi connectivity index (χ0v) is 12.7. The van der Waals surface area contributed by atoms with Crippen LogP contribution in [-0.4, -0.2) is 24.8 Å². The molecule has 0 unspecified atom stereocenters. The maximum Gasteiger partial charge on any atom is 0.407 e. The van der Waals surface area contributed by atoms with Gasteiger partial charge in [-0.15, -0.1) is 0 Å². The molecule has 1 amide bonds. The van der Waals surface area contributed by atoms with Crippen LogP contribution < -0.4 is 16.4 Å². The van der Waals surface area contributed by atoms with E-state index in [0.29, 0.717) is 6.54 Å². The number of nitrogens with one attached hydrogen (secondary N) is 2. The Balaban J connectivity index is 2.21. The van der Waals surface area contributed by atoms with Crippen molar-refractivity contribution in [3.63, 3.8) is 0 Å². The van der Waals surface area contributed by atoms with Gasteiger partial charge in [0.25, 0.3) is 0 Å². The topological polar surface area (TPSA) is 76.4 Å². The van der Waals surface area contributed by atoms with E-state index in [1.54, 1.807) is 0 Å². The fourth-order valence-corrected chi connectivity index (χ4v) is 1.70. The zero-order chi connectivity index (χ0) is 15.2. The Kier molecular flexibility index (Phi) is 5.67. The number of rotatable bonds is 5. The number of alkyl carbamates (subject to hydrolysis) is 1. The van der Waals surface area contributed by atoms with E-state index in [2.05, 4.69) is 10.6 Å². The van der Waals surface area contributed by atoms with Crippen molar-refractivity contribution in [3.8, 4) is 0 Å². The molecule has 0 aliphatic carbocycles. The minimum Gasteiger partial charge on any atom is -0.444 e. The SMILES string of the molecule is Cc1cc(N)ccc1NCCCNC(=O)OC(C)(C)C. The molecule has 1 rings (SSSR count). The second-order valence-corrected chi connectivity index (χ2v) is 5.78. The number of amides is 1. The number of hydrogen-bond acceptors (Lipinski definition) is 4. The number of hydrogen-bond donors (Lipinski definition) is 3. The van der Waals surface area contributed by atoms with Crippen molar-refractivity contribution in [2.24, 2.45) is 0 Å². The van der Waals surface area contributed by atoms with Crippen molar-refractivity contribution in [2.75, 3.05) is 24.1 Å². The van der Waals surface area contributed by atoms with Gasteiger partial charge >= 0.3 is 6.09 Å². The molecular formula is C15H25N3O2. The van der Waals surface area contributed by atoms with Gasteiger partial charge in [0.1, 0.15) is 5.60 Å². The average Bonchev–Trinajstić information content (AvgIpc) is 2.28. The Morgan fingerprint density at radius 3 is 2.60 bits per heavy atom. The lowest BCUT2D eigenvalue weighted by Crippen LogP contribution is -2.33. The van der Waals surface area contributed by atoms with E-state index in [-0.39, 0.29) is 6.09 Å². The summed E-state index contributed by atoms with van der Waals surface area (Å²) < 4.78 is 5.15. The lowest BCUT2D eigenvalue weighted by Gasteiger charge is -2.19. The van der Waals surface area contributed by atoms with E-state index in [0.717, 1.165) is 29.9 Å². The van der Waals surface area contributed by atoms with Crippen molar-refractivity contribution in [2.45, 2.75) is 39.7 Å². The van der Waals surface area contributed by atoms with Crippen molar-refractivity contribution in [1.82, 2.24) is 5.32 Å². The minimum absolute atomic E-state index is 0.374. The third kappa shape index (κ3) is 6.31. The number of nitrogens with two attached hydrogens (primary N) is 1. The summed E-state index contributed by atoms with van der Waals surface area (Å²) in [6, 6.07) is 5.77. The van der Waals surface area contributed by atoms with Crippen LogP contribution in [0.3, 0.4) is 0 Å². The Labute approximate surface area is 120 Å². The highest BCUT2D eigenvalue weighted by molar-refractivity contribution is 5.67. The molecule has 0 saturated carbocycles. The van der Waals surface area contributed by atoms with Gasteiger partial charge in [-0.25, -0.2) is 4.79 Å². The maximum absolute atomic E-state index is 11.4. The lowest BCUT2D eigenvalue weighted by molar-refractivity contribution is 0.0528. The van der Waals surface area contributed by atoms with Gasteiger partial charge in [-0.2, -0.15) is 0 Å². The zero-order valence-electron chi connectivity index (χ0n) is 12.7. The van der Waals surface area contributed by atoms with Gasteiger partial charge in [-0.05, 0) is 57.9 Å². The van der Waals surface area contributed by atoms with Crippen LogP contribution in [0, 0.1) is 6.92 Å². The molecule has 0 spiro atoms. The number of benzene rings is 1. The predicted octanol–water partition coefficient (Wildman–Crippen LogP) is 2.90. The highest BCUT2D eigenvalue weighted by Crippen LogP contribution is 2.17. The molecule has 5 heteroatoms. The molecule has 0 saturated heterocycles. The Morgan fingerprint density at radius 1 is 1.30 bits per heavy atom. The fraction of sp³-hybridized carbons (Fsp3) is 0.533. The first kappa shape index (κ1) is 16.1. The van der Waals surface area contributed by atoms with Crippen LogP contribution in [-0.2, 0) is 4.74 Å². The molecule has 0 aliphatic heterocycles. The molecule has 0 radical (unpaired) electrons. The number of carbonyl (C=O) groups excluding carboxylic acids is 1. The van der Waals surface area contributed by atoms with E-state index in [4.69, 9.17) is 10.5 Å². The quantitative estimate of drug-likeness (QED) is 0.572. The fourth-order valence-electron chi connectivity index (χ4n) is 1.70. The molecule has 1 aromatic carbocycles. The largest absolute Gasteiger partial charge is 0.444 e. The van der Waals surface area contributed by atoms with Crippen LogP contribution in [0.4, 0.5) is 16.2 Å². The molecule has 0 atom stereocenters. The van der Waals surface area contributed by atoms with Crippen LogP contribution in [0.2, 0.25) is 0 Å². The monoisotopic (exact) mass is 279 g/mol. The van der Waals surface area contributed by atoms with Crippen LogP contribution in [0.5, 0.6) is 0 Å². The van der Waals surface area contributed by atoms with Gasteiger partial charge in [-0.3, -0.25) is 0 Å². The molecule has 5 nitrogen and oxygen atoms in total. The van der Waals surface area contributed by atoms with Crippen LogP contribution in [0.1, 0.15) is 32.8 Å². The van der Waals surface area contributed by atoms with E-state index >= 15 is 0 Å². The van der Waals surface area contributed by atoms with Crippen LogP contribution >= 0.6 is 0 Å². The van der Waals surface area contributed by atoms with Crippen LogP contribution in [0.25, 0.3) is 0 Å². The van der Waals surface area contributed by atoms with Gasteiger partial charge < -0.3 is 21.1 Å². The highest BCUT2D eigenvalue weighted by atomic mass is 16.6. The maximum atomic E-state index is 11.4. The number of aryl methyl sites for hydroxylation is 1. The summed E-state index contributed by atoms with van der Waals surface area (Å²) >= 11 is 0. The molecule has 0 bridgehead atoms. The first-order chi connectivity index (χ1) is 9.28. The van der Waals surface area contributed by atoms with E-state index in [9.17, 15) is 4.79 Å². The number of carbonyl (C=O) groups is 1. The highest BCUT2D eigenvalue weighted by Gasteiger charge is 2.15. The second-order valence-electron chi connectivity index (χ2n) is 5.78. The van der Waals surface area contributed by atoms with Gasteiger partial charge in [0.2, 0.25) is 0 Å². The van der Waals surface area contributed by atoms with Gasteiger partial charge in [0.05, 0.1) is 0 Å². The summed E-state index contributed by atoms with van der Waals surface area (Å²) in [5.74, 6) is 0. The average molecular weight is 279 g/mol.